The van der Waals surface area contributed by atoms with Crippen LogP contribution in [-0.4, -0.2) is 28.6 Å². The molecule has 0 saturated heterocycles. The summed E-state index contributed by atoms with van der Waals surface area (Å²) in [7, 11) is 0. The Morgan fingerprint density at radius 3 is 2.13 bits per heavy atom. The van der Waals surface area contributed by atoms with Gasteiger partial charge >= 0.3 is 5.97 Å². The number of ether oxygens (including phenoxy) is 2. The molecule has 0 amide bonds. The molecule has 1 heterocycles. The summed E-state index contributed by atoms with van der Waals surface area (Å²) in [5.74, 6) is 0.985. The van der Waals surface area contributed by atoms with Gasteiger partial charge in [-0.25, -0.2) is 14.8 Å². The minimum absolute atomic E-state index is 0.336. The number of carbonyl (C=O) groups is 1. The molecule has 0 radical (unpaired) electrons. The fourth-order valence-electron chi connectivity index (χ4n) is 3.29. The molecule has 1 atom stereocenters. The van der Waals surface area contributed by atoms with Crippen molar-refractivity contribution < 1.29 is 14.3 Å². The van der Waals surface area contributed by atoms with Gasteiger partial charge in [-0.15, -0.1) is 0 Å². The van der Waals surface area contributed by atoms with Crippen LogP contribution in [0.15, 0.2) is 36.7 Å². The molecule has 0 aliphatic carbocycles. The molecule has 0 saturated carbocycles. The largest absolute Gasteiger partial charge is 0.479 e. The minimum atomic E-state index is -0.634. The number of carbonyl (C=O) groups excluding carboxylic acids is 1. The third-order valence-electron chi connectivity index (χ3n) is 5.27. The Labute approximate surface area is 187 Å². The first-order valence-electron chi connectivity index (χ1n) is 11.9. The highest BCUT2D eigenvalue weighted by atomic mass is 16.6. The Bertz CT molecular complexity index is 744. The molecule has 31 heavy (non-hydrogen) atoms. The van der Waals surface area contributed by atoms with Gasteiger partial charge in [0.1, 0.15) is 5.75 Å². The maximum absolute atomic E-state index is 11.9. The number of esters is 1. The normalized spacial score (nSPS) is 11.8. The second-order valence-electron chi connectivity index (χ2n) is 8.09. The molecule has 1 unspecified atom stereocenters. The van der Waals surface area contributed by atoms with Gasteiger partial charge in [0, 0.05) is 18.0 Å². The van der Waals surface area contributed by atoms with Crippen molar-refractivity contribution in [3.05, 3.63) is 42.2 Å². The van der Waals surface area contributed by atoms with E-state index in [9.17, 15) is 4.79 Å². The highest BCUT2D eigenvalue weighted by Gasteiger charge is 2.16. The zero-order valence-corrected chi connectivity index (χ0v) is 19.4. The summed E-state index contributed by atoms with van der Waals surface area (Å²) in [6, 6.07) is 7.49. The predicted octanol–water partition coefficient (Wildman–Crippen LogP) is 6.55. The highest BCUT2D eigenvalue weighted by molar-refractivity contribution is 5.74. The molecule has 0 bridgehead atoms. The Hall–Kier alpha value is -2.43. The third-order valence-corrected chi connectivity index (χ3v) is 5.27. The van der Waals surface area contributed by atoms with Gasteiger partial charge in [-0.05, 0) is 56.0 Å². The predicted molar refractivity (Wildman–Crippen MR) is 125 cm³/mol. The summed E-state index contributed by atoms with van der Waals surface area (Å²) < 4.78 is 10.9. The van der Waals surface area contributed by atoms with Crippen LogP contribution in [0.5, 0.6) is 5.75 Å². The van der Waals surface area contributed by atoms with E-state index in [4.69, 9.17) is 9.47 Å². The topological polar surface area (TPSA) is 61.3 Å². The van der Waals surface area contributed by atoms with Crippen molar-refractivity contribution in [2.75, 3.05) is 6.61 Å². The molecule has 0 spiro atoms. The second-order valence-corrected chi connectivity index (χ2v) is 8.09. The molecular formula is C26H38N2O3. The summed E-state index contributed by atoms with van der Waals surface area (Å²) >= 11 is 0. The lowest BCUT2D eigenvalue weighted by Crippen LogP contribution is -2.26. The van der Waals surface area contributed by atoms with E-state index in [1.54, 1.807) is 6.92 Å². The Morgan fingerprint density at radius 2 is 1.48 bits per heavy atom. The highest BCUT2D eigenvalue weighted by Crippen LogP contribution is 2.20. The fraction of sp³-hybridized carbons (Fsp3) is 0.577. The zero-order valence-electron chi connectivity index (χ0n) is 19.4. The lowest BCUT2D eigenvalue weighted by atomic mass is 10.1. The number of unbranched alkanes of at least 4 members (excludes halogenated alkanes) is 7. The van der Waals surface area contributed by atoms with Crippen LogP contribution in [0.25, 0.3) is 11.4 Å². The van der Waals surface area contributed by atoms with Crippen LogP contribution < -0.4 is 4.74 Å². The summed E-state index contributed by atoms with van der Waals surface area (Å²) in [4.78, 5) is 21.0. The number of hydrogen-bond acceptors (Lipinski definition) is 5. The summed E-state index contributed by atoms with van der Waals surface area (Å²) in [6.45, 7) is 6.45. The van der Waals surface area contributed by atoms with Gasteiger partial charge in [0.25, 0.3) is 0 Å². The van der Waals surface area contributed by atoms with Crippen LogP contribution in [0.4, 0.5) is 0 Å². The smallest absolute Gasteiger partial charge is 0.347 e. The Kier molecular flexibility index (Phi) is 11.7. The zero-order chi connectivity index (χ0) is 22.3. The average molecular weight is 427 g/mol. The maximum Gasteiger partial charge on any atom is 0.347 e. The van der Waals surface area contributed by atoms with Crippen molar-refractivity contribution in [2.45, 2.75) is 91.1 Å². The van der Waals surface area contributed by atoms with Crippen molar-refractivity contribution in [2.24, 2.45) is 0 Å². The summed E-state index contributed by atoms with van der Waals surface area (Å²) in [5.41, 5.74) is 2.11. The Morgan fingerprint density at radius 1 is 0.871 bits per heavy atom. The molecule has 170 valence electrons. The molecule has 2 aromatic rings. The van der Waals surface area contributed by atoms with Crippen molar-refractivity contribution in [1.82, 2.24) is 9.97 Å². The molecular weight excluding hydrogens is 388 g/mol. The molecule has 0 N–H and O–H groups in total. The number of aromatic nitrogens is 2. The van der Waals surface area contributed by atoms with E-state index < -0.39 is 6.10 Å². The van der Waals surface area contributed by atoms with E-state index in [1.165, 1.54) is 50.5 Å². The van der Waals surface area contributed by atoms with E-state index in [0.29, 0.717) is 18.2 Å². The maximum atomic E-state index is 11.9. The minimum Gasteiger partial charge on any atom is -0.479 e. The van der Waals surface area contributed by atoms with Gasteiger partial charge in [0.2, 0.25) is 0 Å². The van der Waals surface area contributed by atoms with Crippen molar-refractivity contribution in [3.63, 3.8) is 0 Å². The molecule has 2 rings (SSSR count). The first-order chi connectivity index (χ1) is 15.1. The lowest BCUT2D eigenvalue weighted by Gasteiger charge is -2.14. The van der Waals surface area contributed by atoms with Crippen LogP contribution in [-0.2, 0) is 16.0 Å². The van der Waals surface area contributed by atoms with Crippen molar-refractivity contribution >= 4 is 5.97 Å². The van der Waals surface area contributed by atoms with E-state index in [0.717, 1.165) is 24.8 Å². The van der Waals surface area contributed by atoms with Gasteiger partial charge in [-0.2, -0.15) is 0 Å². The number of hydrogen-bond donors (Lipinski definition) is 0. The quantitative estimate of drug-likeness (QED) is 0.239. The van der Waals surface area contributed by atoms with Gasteiger partial charge in [-0.3, -0.25) is 0 Å². The fourth-order valence-corrected chi connectivity index (χ4v) is 3.29. The standard InChI is InChI=1S/C26H38N2O3/c1-4-6-8-9-10-11-12-13-22-19-27-25(28-20-22)23-14-16-24(17-15-23)31-21(3)26(29)30-18-7-5-2/h14-17,19-21H,4-13,18H2,1-3H3. The molecule has 1 aromatic carbocycles. The van der Waals surface area contributed by atoms with Crippen molar-refractivity contribution in [3.8, 4) is 17.1 Å². The van der Waals surface area contributed by atoms with Gasteiger partial charge in [-0.1, -0.05) is 58.8 Å². The van der Waals surface area contributed by atoms with E-state index in [-0.39, 0.29) is 5.97 Å². The molecule has 5 heteroatoms. The Balaban J connectivity index is 1.77. The van der Waals surface area contributed by atoms with E-state index in [2.05, 4.69) is 23.8 Å². The molecule has 0 aliphatic heterocycles. The van der Waals surface area contributed by atoms with Gasteiger partial charge < -0.3 is 9.47 Å². The summed E-state index contributed by atoms with van der Waals surface area (Å²) in [5, 5.41) is 0. The van der Waals surface area contributed by atoms with Crippen LogP contribution in [0.1, 0.15) is 84.1 Å². The van der Waals surface area contributed by atoms with Gasteiger partial charge in [0.15, 0.2) is 11.9 Å². The number of nitrogens with zero attached hydrogens (tertiary/aromatic N) is 2. The number of benzene rings is 1. The first-order valence-corrected chi connectivity index (χ1v) is 11.9. The molecule has 0 aliphatic rings. The SMILES string of the molecule is CCCCCCCCCc1cnc(-c2ccc(OC(C)C(=O)OCCCC)cc2)nc1. The second kappa shape index (κ2) is 14.6. The average Bonchev–Trinajstić information content (AvgIpc) is 2.79. The monoisotopic (exact) mass is 426 g/mol. The van der Waals surface area contributed by atoms with Crippen LogP contribution in [0.3, 0.4) is 0 Å². The van der Waals surface area contributed by atoms with Crippen LogP contribution >= 0.6 is 0 Å². The lowest BCUT2D eigenvalue weighted by molar-refractivity contribution is -0.151. The van der Waals surface area contributed by atoms with Crippen LogP contribution in [0, 0.1) is 0 Å². The van der Waals surface area contributed by atoms with E-state index >= 15 is 0 Å². The number of rotatable bonds is 15. The molecule has 5 nitrogen and oxygen atoms in total. The van der Waals surface area contributed by atoms with Crippen LogP contribution in [0.2, 0.25) is 0 Å². The van der Waals surface area contributed by atoms with Gasteiger partial charge in [0.05, 0.1) is 6.61 Å². The molecule has 1 aromatic heterocycles. The number of aryl methyl sites for hydroxylation is 1. The van der Waals surface area contributed by atoms with Crippen molar-refractivity contribution in [1.29, 1.82) is 0 Å². The molecule has 0 fully saturated rings. The first kappa shape index (κ1) is 24.8. The van der Waals surface area contributed by atoms with E-state index in [1.807, 2.05) is 36.7 Å². The summed E-state index contributed by atoms with van der Waals surface area (Å²) in [6.07, 6.45) is 15.3. The third kappa shape index (κ3) is 9.50.